The van der Waals surface area contributed by atoms with Crippen LogP contribution < -0.4 is 18.9 Å². The Morgan fingerprint density at radius 2 is 0.553 bits per heavy atom. The molecule has 394 valence electrons. The molecule has 5 heterocycles. The Hall–Kier alpha value is -7.32. The minimum atomic E-state index is 0.675. The van der Waals surface area contributed by atoms with E-state index in [4.69, 9.17) is 28.9 Å². The molecule has 7 aromatic rings. The van der Waals surface area contributed by atoms with Gasteiger partial charge < -0.3 is 28.9 Å². The molecule has 4 aromatic carbocycles. The first kappa shape index (κ1) is 53.5. The maximum Gasteiger partial charge on any atom is 0.119 e. The van der Waals surface area contributed by atoms with Crippen LogP contribution in [0.15, 0.2) is 121 Å². The summed E-state index contributed by atoms with van der Waals surface area (Å²) in [5.41, 5.74) is 15.0. The summed E-state index contributed by atoms with van der Waals surface area (Å²) >= 11 is 0. The van der Waals surface area contributed by atoms with Crippen LogP contribution in [0.25, 0.3) is 90.9 Å². The number of unbranched alkanes of at least 4 members (excludes halogenated alkanes) is 12. The van der Waals surface area contributed by atoms with Crippen LogP contribution in [0.3, 0.4) is 0 Å². The monoisotopic (exact) mass is 1010 g/mol. The molecule has 8 heteroatoms. The van der Waals surface area contributed by atoms with Crippen molar-refractivity contribution in [2.24, 2.45) is 0 Å². The van der Waals surface area contributed by atoms with Gasteiger partial charge in [-0.05, 0) is 145 Å². The number of nitrogens with zero attached hydrogens (tertiary/aromatic N) is 2. The molecule has 0 saturated heterocycles. The van der Waals surface area contributed by atoms with Crippen LogP contribution in [0.4, 0.5) is 0 Å². The average molecular weight is 1020 g/mol. The van der Waals surface area contributed by atoms with E-state index in [-0.39, 0.29) is 0 Å². The van der Waals surface area contributed by atoms with Gasteiger partial charge >= 0.3 is 0 Å². The molecule has 8 bridgehead atoms. The number of benzene rings is 4. The lowest BCUT2D eigenvalue weighted by molar-refractivity contribution is 0.305. The second-order valence-electron chi connectivity index (χ2n) is 20.3. The molecule has 0 radical (unpaired) electrons. The molecule has 0 spiro atoms. The van der Waals surface area contributed by atoms with Crippen LogP contribution in [0.2, 0.25) is 0 Å². The largest absolute Gasteiger partial charge is 0.494 e. The Bertz CT molecular complexity index is 2830. The van der Waals surface area contributed by atoms with Crippen LogP contribution in [0.1, 0.15) is 153 Å². The molecule has 0 amide bonds. The van der Waals surface area contributed by atoms with Gasteiger partial charge in [-0.3, -0.25) is 0 Å². The quantitative estimate of drug-likeness (QED) is 0.0475. The number of ether oxygens (including phenoxy) is 4. The maximum atomic E-state index is 6.43. The number of rotatable bonds is 28. The highest BCUT2D eigenvalue weighted by Gasteiger charge is 2.20. The molecule has 0 unspecified atom stereocenters. The van der Waals surface area contributed by atoms with E-state index in [1.54, 1.807) is 0 Å². The Morgan fingerprint density at radius 1 is 0.303 bits per heavy atom. The smallest absolute Gasteiger partial charge is 0.119 e. The third-order valence-corrected chi connectivity index (χ3v) is 14.3. The van der Waals surface area contributed by atoms with Crippen molar-refractivity contribution in [3.63, 3.8) is 0 Å². The van der Waals surface area contributed by atoms with Crippen LogP contribution in [0.5, 0.6) is 23.0 Å². The Kier molecular flexibility index (Phi) is 19.3. The molecule has 2 N–H and O–H groups in total. The number of nitrogens with one attached hydrogen (secondary N) is 2. The number of aromatic amines is 2. The summed E-state index contributed by atoms with van der Waals surface area (Å²) in [6.45, 7) is 11.7. The summed E-state index contributed by atoms with van der Waals surface area (Å²) in [7, 11) is 0. The Labute approximate surface area is 451 Å². The highest BCUT2D eigenvalue weighted by Crippen LogP contribution is 2.40. The minimum absolute atomic E-state index is 0.675. The van der Waals surface area contributed by atoms with E-state index in [0.29, 0.717) is 26.4 Å². The van der Waals surface area contributed by atoms with Crippen molar-refractivity contribution in [3.05, 3.63) is 144 Å². The van der Waals surface area contributed by atoms with Gasteiger partial charge in [-0.15, -0.1) is 0 Å². The van der Waals surface area contributed by atoms with Gasteiger partial charge in [0.15, 0.2) is 0 Å². The van der Waals surface area contributed by atoms with Crippen molar-refractivity contribution in [1.29, 1.82) is 0 Å². The summed E-state index contributed by atoms with van der Waals surface area (Å²) < 4.78 is 25.7. The standard InChI is InChI=1S/C68H78N4O4/c1-5-9-13-17-41-73-53-29-21-25-49(45-53)65-57-33-35-59(69-57)66(50-26-22-30-54(46-50)74-42-18-14-10-6-2)61-37-39-63(71-61)68(52-28-24-32-56(48-52)76-44-20-16-12-8-4)64-40-38-62(72-64)67(60-36-34-58(65)70-60)51-27-23-31-55(47-51)75-43-19-15-11-7-3/h21-40,45-48,69,72H,5-20,41-44H2,1-4H3. The fourth-order valence-electron chi connectivity index (χ4n) is 10.3. The summed E-state index contributed by atoms with van der Waals surface area (Å²) in [5.74, 6) is 3.36. The van der Waals surface area contributed by atoms with E-state index < -0.39 is 0 Å². The summed E-state index contributed by atoms with van der Waals surface area (Å²) in [5, 5.41) is 0. The molecule has 9 rings (SSSR count). The van der Waals surface area contributed by atoms with Crippen molar-refractivity contribution in [1.82, 2.24) is 19.9 Å². The summed E-state index contributed by atoms with van der Waals surface area (Å²) in [6.07, 6.45) is 26.9. The van der Waals surface area contributed by atoms with E-state index in [9.17, 15) is 0 Å². The van der Waals surface area contributed by atoms with Crippen LogP contribution in [0, 0.1) is 0 Å². The van der Waals surface area contributed by atoms with Crippen molar-refractivity contribution >= 4 is 46.4 Å². The molecular formula is C68H78N4O4. The minimum Gasteiger partial charge on any atom is -0.494 e. The zero-order chi connectivity index (χ0) is 52.3. The number of aromatic nitrogens is 4. The molecule has 8 nitrogen and oxygen atoms in total. The molecule has 3 aromatic heterocycles. The zero-order valence-corrected chi connectivity index (χ0v) is 45.5. The third kappa shape index (κ3) is 13.7. The topological polar surface area (TPSA) is 94.3 Å². The van der Waals surface area contributed by atoms with Crippen LogP contribution in [-0.2, 0) is 0 Å². The molecule has 0 fully saturated rings. The summed E-state index contributed by atoms with van der Waals surface area (Å²) in [6, 6.07) is 42.6. The first-order valence-electron chi connectivity index (χ1n) is 28.6. The summed E-state index contributed by atoms with van der Waals surface area (Å²) in [4.78, 5) is 19.1. The molecule has 0 atom stereocenters. The highest BCUT2D eigenvalue weighted by molar-refractivity contribution is 6.00. The van der Waals surface area contributed by atoms with Gasteiger partial charge in [0, 0.05) is 44.3 Å². The Balaban J connectivity index is 1.29. The van der Waals surface area contributed by atoms with Gasteiger partial charge in [-0.2, -0.15) is 0 Å². The fraction of sp³-hybridized carbons (Fsp3) is 0.353. The first-order chi connectivity index (χ1) is 37.5. The van der Waals surface area contributed by atoms with Gasteiger partial charge in [-0.25, -0.2) is 9.97 Å². The lowest BCUT2D eigenvalue weighted by Gasteiger charge is -2.11. The van der Waals surface area contributed by atoms with Crippen molar-refractivity contribution in [2.45, 2.75) is 130 Å². The van der Waals surface area contributed by atoms with Gasteiger partial charge in [0.25, 0.3) is 0 Å². The molecule has 2 aliphatic heterocycles. The van der Waals surface area contributed by atoms with Gasteiger partial charge in [0.05, 0.1) is 49.2 Å². The average Bonchev–Trinajstić information content (AvgIpc) is 4.31. The predicted octanol–water partition coefficient (Wildman–Crippen LogP) is 19.2. The second kappa shape index (κ2) is 27.5. The molecule has 0 saturated carbocycles. The fourth-order valence-corrected chi connectivity index (χ4v) is 10.3. The van der Waals surface area contributed by atoms with E-state index in [1.165, 1.54) is 51.4 Å². The SMILES string of the molecule is CCCCCCOc1cccc(-c2c3nc(c(-c4cccc(OCCCCCC)c4)c4ccc([nH]4)c(-c4cccc(OCCCCCC)c4)c4nc(c(-c5cccc(OCCCCCC)c5)c5ccc2[nH]5)C=C4)C=C3)c1. The molecule has 76 heavy (non-hydrogen) atoms. The van der Waals surface area contributed by atoms with Crippen LogP contribution in [-0.4, -0.2) is 46.4 Å². The van der Waals surface area contributed by atoms with Gasteiger partial charge in [-0.1, -0.05) is 153 Å². The van der Waals surface area contributed by atoms with E-state index >= 15 is 0 Å². The Morgan fingerprint density at radius 3 is 0.789 bits per heavy atom. The number of hydrogen-bond acceptors (Lipinski definition) is 6. The number of fused-ring (bicyclic) bond motifs is 8. The van der Waals surface area contributed by atoms with E-state index in [1.807, 2.05) is 0 Å². The molecular weight excluding hydrogens is 937 g/mol. The zero-order valence-electron chi connectivity index (χ0n) is 45.5. The normalized spacial score (nSPS) is 11.8. The lowest BCUT2D eigenvalue weighted by atomic mass is 10.0. The van der Waals surface area contributed by atoms with Crippen LogP contribution >= 0.6 is 0 Å². The highest BCUT2D eigenvalue weighted by atomic mass is 16.5. The van der Waals surface area contributed by atoms with E-state index in [0.717, 1.165) is 164 Å². The van der Waals surface area contributed by atoms with Crippen molar-refractivity contribution in [3.8, 4) is 67.5 Å². The first-order valence-corrected chi connectivity index (χ1v) is 28.6. The van der Waals surface area contributed by atoms with Gasteiger partial charge in [0.1, 0.15) is 23.0 Å². The molecule has 0 aliphatic carbocycles. The van der Waals surface area contributed by atoms with Gasteiger partial charge in [0.2, 0.25) is 0 Å². The number of H-pyrrole nitrogens is 2. The second-order valence-corrected chi connectivity index (χ2v) is 20.3. The number of hydrogen-bond donors (Lipinski definition) is 2. The van der Waals surface area contributed by atoms with Crippen molar-refractivity contribution < 1.29 is 18.9 Å². The van der Waals surface area contributed by atoms with E-state index in [2.05, 4.69) is 183 Å². The molecule has 2 aliphatic rings. The third-order valence-electron chi connectivity index (χ3n) is 14.3. The maximum absolute atomic E-state index is 6.43. The predicted molar refractivity (Wildman–Crippen MR) is 319 cm³/mol. The lowest BCUT2D eigenvalue weighted by Crippen LogP contribution is -1.98. The van der Waals surface area contributed by atoms with Crippen molar-refractivity contribution in [2.75, 3.05) is 26.4 Å².